The highest BCUT2D eigenvalue weighted by Crippen LogP contribution is 2.34. The lowest BCUT2D eigenvalue weighted by Crippen LogP contribution is -2.49. The molecule has 0 radical (unpaired) electrons. The Morgan fingerprint density at radius 1 is 0.881 bits per heavy atom. The number of carbonyl (C=O) groups is 2. The molecule has 42 heavy (non-hydrogen) atoms. The van der Waals surface area contributed by atoms with Gasteiger partial charge in [0.25, 0.3) is 11.6 Å². The summed E-state index contributed by atoms with van der Waals surface area (Å²) >= 11 is 0. The molecule has 0 aromatic heterocycles. The van der Waals surface area contributed by atoms with Gasteiger partial charge in [0.2, 0.25) is 5.91 Å². The van der Waals surface area contributed by atoms with Gasteiger partial charge < -0.3 is 14.9 Å². The van der Waals surface area contributed by atoms with Crippen LogP contribution in [0.1, 0.15) is 27.0 Å². The van der Waals surface area contributed by atoms with Crippen LogP contribution in [0.25, 0.3) is 0 Å². The topological polar surface area (TPSA) is 125 Å². The number of nitro benzene ring substituents is 1. The summed E-state index contributed by atoms with van der Waals surface area (Å²) in [5, 5.41) is 21.9. The van der Waals surface area contributed by atoms with Gasteiger partial charge in [-0.1, -0.05) is 72.8 Å². The van der Waals surface area contributed by atoms with Crippen molar-refractivity contribution in [3.05, 3.63) is 148 Å². The molecule has 4 aromatic carbocycles. The number of carbonyl (C=O) groups excluding carboxylic acids is 2. The molecule has 0 saturated heterocycles. The molecule has 1 atom stereocenters. The summed E-state index contributed by atoms with van der Waals surface area (Å²) in [4.78, 5) is 46.6. The van der Waals surface area contributed by atoms with Crippen molar-refractivity contribution in [1.29, 1.82) is 0 Å². The van der Waals surface area contributed by atoms with Crippen LogP contribution in [0.4, 0.5) is 11.4 Å². The maximum atomic E-state index is 13.8. The van der Waals surface area contributed by atoms with Crippen LogP contribution in [0.3, 0.4) is 0 Å². The molecule has 4 aromatic rings. The lowest BCUT2D eigenvalue weighted by atomic mass is 10.0. The molecule has 0 bridgehead atoms. The lowest BCUT2D eigenvalue weighted by Gasteiger charge is -2.37. The molecule has 0 unspecified atom stereocenters. The largest absolute Gasteiger partial charge is 0.508 e. The van der Waals surface area contributed by atoms with Crippen molar-refractivity contribution < 1.29 is 24.5 Å². The predicted octanol–water partition coefficient (Wildman–Crippen LogP) is 5.09. The Morgan fingerprint density at radius 3 is 2.21 bits per heavy atom. The lowest BCUT2D eigenvalue weighted by molar-refractivity contribution is -0.384. The Balaban J connectivity index is 1.42. The van der Waals surface area contributed by atoms with Crippen LogP contribution in [-0.2, 0) is 29.2 Å². The van der Waals surface area contributed by atoms with Crippen molar-refractivity contribution in [2.75, 3.05) is 4.90 Å². The van der Waals surface area contributed by atoms with E-state index in [4.69, 9.17) is 4.84 Å². The van der Waals surface area contributed by atoms with Gasteiger partial charge in [0, 0.05) is 30.5 Å². The first kappa shape index (κ1) is 28.1. The van der Waals surface area contributed by atoms with E-state index in [1.807, 2.05) is 60.7 Å². The number of hydroxylamine groups is 1. The van der Waals surface area contributed by atoms with Gasteiger partial charge in [-0.15, -0.1) is 0 Å². The highest BCUT2D eigenvalue weighted by atomic mass is 16.7. The van der Waals surface area contributed by atoms with Crippen molar-refractivity contribution in [3.8, 4) is 5.75 Å². The number of rotatable bonds is 10. The number of phenolic OH excluding ortho intramolecular Hbond substituents is 1. The number of amides is 2. The molecule has 5 rings (SSSR count). The number of nitrogens with zero attached hydrogens (tertiary/aromatic N) is 3. The second kappa shape index (κ2) is 12.8. The normalized spacial score (nSPS) is 14.6. The molecule has 10 heteroatoms. The Morgan fingerprint density at radius 2 is 1.55 bits per heavy atom. The van der Waals surface area contributed by atoms with E-state index in [2.05, 4.69) is 5.48 Å². The third-order valence-electron chi connectivity index (χ3n) is 6.83. The zero-order valence-corrected chi connectivity index (χ0v) is 22.5. The van der Waals surface area contributed by atoms with Gasteiger partial charge in [0.05, 0.1) is 18.1 Å². The summed E-state index contributed by atoms with van der Waals surface area (Å²) in [6, 6.07) is 28.5. The first-order valence-corrected chi connectivity index (χ1v) is 13.2. The summed E-state index contributed by atoms with van der Waals surface area (Å²) < 4.78 is 0. The molecule has 0 aliphatic carbocycles. The molecule has 212 valence electrons. The van der Waals surface area contributed by atoms with E-state index < -0.39 is 16.9 Å². The molecular weight excluding hydrogens is 536 g/mol. The number of anilines is 1. The van der Waals surface area contributed by atoms with Crippen LogP contribution >= 0.6 is 0 Å². The predicted molar refractivity (Wildman–Crippen MR) is 156 cm³/mol. The van der Waals surface area contributed by atoms with Crippen molar-refractivity contribution in [1.82, 2.24) is 10.4 Å². The van der Waals surface area contributed by atoms with Crippen LogP contribution < -0.4 is 10.4 Å². The van der Waals surface area contributed by atoms with Crippen LogP contribution in [0, 0.1) is 10.1 Å². The number of hydrogen-bond acceptors (Lipinski definition) is 7. The summed E-state index contributed by atoms with van der Waals surface area (Å²) in [6.07, 6.45) is 3.46. The van der Waals surface area contributed by atoms with Crippen molar-refractivity contribution in [2.24, 2.45) is 0 Å². The third kappa shape index (κ3) is 6.62. The molecule has 0 saturated carbocycles. The second-order valence-electron chi connectivity index (χ2n) is 9.71. The van der Waals surface area contributed by atoms with E-state index in [0.29, 0.717) is 6.54 Å². The highest BCUT2D eigenvalue weighted by molar-refractivity contribution is 5.96. The van der Waals surface area contributed by atoms with Crippen LogP contribution in [-0.4, -0.2) is 32.8 Å². The number of nitro groups is 1. The van der Waals surface area contributed by atoms with E-state index in [0.717, 1.165) is 16.7 Å². The van der Waals surface area contributed by atoms with E-state index in [-0.39, 0.29) is 41.6 Å². The highest BCUT2D eigenvalue weighted by Gasteiger charge is 2.35. The van der Waals surface area contributed by atoms with Gasteiger partial charge in [-0.2, -0.15) is 0 Å². The van der Waals surface area contributed by atoms with Crippen molar-refractivity contribution in [2.45, 2.75) is 25.6 Å². The van der Waals surface area contributed by atoms with Crippen molar-refractivity contribution in [3.63, 3.8) is 0 Å². The fourth-order valence-corrected chi connectivity index (χ4v) is 4.69. The summed E-state index contributed by atoms with van der Waals surface area (Å²) in [5.41, 5.74) is 4.73. The standard InChI is InChI=1S/C32H28N4O6/c37-27-14-11-23(12-15-27)19-30-32(39)34(21-24-7-3-1-4-8-24)17-18-35(30)28-16-13-26(20-29(28)36(40)41)31(38)33-42-22-25-9-5-2-6-10-25/h1-18,20,30,37H,19,21-22H2,(H,33,38)/t30-/m0/s1. The molecular formula is C32H28N4O6. The van der Waals surface area contributed by atoms with E-state index in [9.17, 15) is 24.8 Å². The number of hydrogen-bond donors (Lipinski definition) is 2. The minimum absolute atomic E-state index is 0.0339. The molecule has 2 amide bonds. The molecule has 1 aliphatic rings. The molecule has 0 spiro atoms. The van der Waals surface area contributed by atoms with Gasteiger partial charge in [-0.25, -0.2) is 5.48 Å². The third-order valence-corrected chi connectivity index (χ3v) is 6.83. The first-order chi connectivity index (χ1) is 20.4. The number of phenols is 1. The second-order valence-corrected chi connectivity index (χ2v) is 9.71. The van der Waals surface area contributed by atoms with E-state index >= 15 is 0 Å². The SMILES string of the molecule is O=C(NOCc1ccccc1)c1ccc(N2C=CN(Cc3ccccc3)C(=O)[C@@H]2Cc2ccc(O)cc2)c([N+](=O)[O-])c1. The van der Waals surface area contributed by atoms with E-state index in [1.54, 1.807) is 34.3 Å². The maximum Gasteiger partial charge on any atom is 0.293 e. The monoisotopic (exact) mass is 564 g/mol. The van der Waals surface area contributed by atoms with Crippen molar-refractivity contribution >= 4 is 23.2 Å². The zero-order valence-electron chi connectivity index (χ0n) is 22.5. The van der Waals surface area contributed by atoms with Gasteiger partial charge in [-0.05, 0) is 41.0 Å². The molecule has 10 nitrogen and oxygen atoms in total. The molecule has 1 aliphatic heterocycles. The Kier molecular flexibility index (Phi) is 8.55. The number of benzene rings is 4. The van der Waals surface area contributed by atoms with Gasteiger partial charge in [-0.3, -0.25) is 24.5 Å². The quantitative estimate of drug-likeness (QED) is 0.203. The van der Waals surface area contributed by atoms with E-state index in [1.165, 1.54) is 30.3 Å². The average Bonchev–Trinajstić information content (AvgIpc) is 3.01. The minimum Gasteiger partial charge on any atom is -0.508 e. The summed E-state index contributed by atoms with van der Waals surface area (Å²) in [5.74, 6) is -0.797. The Hall–Kier alpha value is -5.48. The average molecular weight is 565 g/mol. The van der Waals surface area contributed by atoms with Crippen LogP contribution in [0.5, 0.6) is 5.75 Å². The summed E-state index contributed by atoms with van der Waals surface area (Å²) in [7, 11) is 0. The molecule has 0 fully saturated rings. The zero-order chi connectivity index (χ0) is 29.5. The number of nitrogens with one attached hydrogen (secondary N) is 1. The van der Waals surface area contributed by atoms with Crippen LogP contribution in [0.15, 0.2) is 116 Å². The minimum atomic E-state index is -0.823. The van der Waals surface area contributed by atoms with Gasteiger partial charge in [0.1, 0.15) is 17.5 Å². The first-order valence-electron chi connectivity index (χ1n) is 13.2. The maximum absolute atomic E-state index is 13.8. The van der Waals surface area contributed by atoms with Crippen LogP contribution in [0.2, 0.25) is 0 Å². The number of aromatic hydroxyl groups is 1. The Labute approximate surface area is 242 Å². The summed E-state index contributed by atoms with van der Waals surface area (Å²) in [6.45, 7) is 0.464. The van der Waals surface area contributed by atoms with Gasteiger partial charge in [0.15, 0.2) is 0 Å². The smallest absolute Gasteiger partial charge is 0.293 e. The molecule has 1 heterocycles. The van der Waals surface area contributed by atoms with Gasteiger partial charge >= 0.3 is 0 Å². The fraction of sp³-hybridized carbons (Fsp3) is 0.125. The fourth-order valence-electron chi connectivity index (χ4n) is 4.69. The molecule has 2 N–H and O–H groups in total. The Bertz CT molecular complexity index is 1590.